The molecule has 2 heterocycles. The van der Waals surface area contributed by atoms with Crippen molar-refractivity contribution in [3.63, 3.8) is 0 Å². The zero-order chi connectivity index (χ0) is 13.0. The number of carbonyl (C=O) groups is 1. The molecule has 2 aromatic rings. The van der Waals surface area contributed by atoms with Gasteiger partial charge in [0.25, 0.3) is 0 Å². The fourth-order valence-corrected chi connectivity index (χ4v) is 1.38. The van der Waals surface area contributed by atoms with E-state index in [1.807, 2.05) is 19.1 Å². The van der Waals surface area contributed by atoms with Crippen molar-refractivity contribution in [2.24, 2.45) is 0 Å². The van der Waals surface area contributed by atoms with Crippen LogP contribution in [0, 0.1) is 6.92 Å². The van der Waals surface area contributed by atoms with E-state index >= 15 is 0 Å². The Morgan fingerprint density at radius 2 is 1.89 bits per heavy atom. The first-order chi connectivity index (χ1) is 8.70. The molecule has 0 N–H and O–H groups in total. The van der Waals surface area contributed by atoms with Crippen molar-refractivity contribution in [2.75, 3.05) is 6.61 Å². The molecule has 0 aliphatic heterocycles. The van der Waals surface area contributed by atoms with Gasteiger partial charge in [0.05, 0.1) is 12.2 Å². The number of ether oxygens (including phenoxy) is 1. The molecule has 0 aliphatic rings. The Morgan fingerprint density at radius 3 is 2.44 bits per heavy atom. The molecule has 0 bridgehead atoms. The zero-order valence-corrected chi connectivity index (χ0v) is 10.3. The average Bonchev–Trinajstić information content (AvgIpc) is 2.40. The monoisotopic (exact) mass is 243 g/mol. The van der Waals surface area contributed by atoms with E-state index in [0.717, 1.165) is 5.56 Å². The molecule has 0 atom stereocenters. The SMILES string of the molecule is CCOC(=O)c1cnc(-c2ccc(C)cn2)nc1. The molecule has 5 nitrogen and oxygen atoms in total. The summed E-state index contributed by atoms with van der Waals surface area (Å²) in [6.45, 7) is 4.05. The molecule has 18 heavy (non-hydrogen) atoms. The molecule has 2 rings (SSSR count). The van der Waals surface area contributed by atoms with E-state index < -0.39 is 5.97 Å². The highest BCUT2D eigenvalue weighted by molar-refractivity contribution is 5.88. The highest BCUT2D eigenvalue weighted by Crippen LogP contribution is 2.11. The van der Waals surface area contributed by atoms with Crippen LogP contribution in [-0.2, 0) is 4.74 Å². The molecule has 0 amide bonds. The number of aromatic nitrogens is 3. The van der Waals surface area contributed by atoms with Crippen molar-refractivity contribution in [2.45, 2.75) is 13.8 Å². The van der Waals surface area contributed by atoms with Gasteiger partial charge in [-0.2, -0.15) is 0 Å². The van der Waals surface area contributed by atoms with Crippen LogP contribution in [-0.4, -0.2) is 27.5 Å². The Hall–Kier alpha value is -2.30. The number of hydrogen-bond acceptors (Lipinski definition) is 5. The van der Waals surface area contributed by atoms with Gasteiger partial charge in [-0.25, -0.2) is 14.8 Å². The van der Waals surface area contributed by atoms with Crippen LogP contribution in [0.25, 0.3) is 11.5 Å². The van der Waals surface area contributed by atoms with E-state index in [-0.39, 0.29) is 0 Å². The lowest BCUT2D eigenvalue weighted by Crippen LogP contribution is -2.06. The molecule has 0 fully saturated rings. The van der Waals surface area contributed by atoms with Gasteiger partial charge in [0.1, 0.15) is 5.69 Å². The lowest BCUT2D eigenvalue weighted by atomic mass is 10.2. The van der Waals surface area contributed by atoms with Crippen LogP contribution < -0.4 is 0 Å². The number of pyridine rings is 1. The van der Waals surface area contributed by atoms with Gasteiger partial charge in [-0.1, -0.05) is 6.07 Å². The van der Waals surface area contributed by atoms with Gasteiger partial charge in [-0.15, -0.1) is 0 Å². The van der Waals surface area contributed by atoms with Gasteiger partial charge in [-0.3, -0.25) is 4.98 Å². The highest BCUT2D eigenvalue weighted by Gasteiger charge is 2.08. The summed E-state index contributed by atoms with van der Waals surface area (Å²) in [4.78, 5) is 23.9. The van der Waals surface area contributed by atoms with E-state index in [9.17, 15) is 4.79 Å². The fraction of sp³-hybridized carbons (Fsp3) is 0.231. The summed E-state index contributed by atoms with van der Waals surface area (Å²) in [5.41, 5.74) is 2.09. The quantitative estimate of drug-likeness (QED) is 0.772. The average molecular weight is 243 g/mol. The number of nitrogens with zero attached hydrogens (tertiary/aromatic N) is 3. The second-order valence-electron chi connectivity index (χ2n) is 3.74. The zero-order valence-electron chi connectivity index (χ0n) is 10.3. The lowest BCUT2D eigenvalue weighted by molar-refractivity contribution is 0.0525. The Kier molecular flexibility index (Phi) is 3.62. The summed E-state index contributed by atoms with van der Waals surface area (Å²) < 4.78 is 4.85. The highest BCUT2D eigenvalue weighted by atomic mass is 16.5. The topological polar surface area (TPSA) is 65.0 Å². The molecule has 0 saturated carbocycles. The lowest BCUT2D eigenvalue weighted by Gasteiger charge is -2.02. The molecule has 0 saturated heterocycles. The Bertz CT molecular complexity index is 535. The number of esters is 1. The smallest absolute Gasteiger partial charge is 0.341 e. The summed E-state index contributed by atoms with van der Waals surface area (Å²) in [6, 6.07) is 3.78. The molecule has 0 aliphatic carbocycles. The van der Waals surface area contributed by atoms with Gasteiger partial charge in [0.2, 0.25) is 0 Å². The molecular weight excluding hydrogens is 230 g/mol. The summed E-state index contributed by atoms with van der Waals surface area (Å²) in [5.74, 6) is 0.0731. The van der Waals surface area contributed by atoms with Crippen molar-refractivity contribution < 1.29 is 9.53 Å². The van der Waals surface area contributed by atoms with Crippen molar-refractivity contribution in [1.29, 1.82) is 0 Å². The number of carbonyl (C=O) groups excluding carboxylic acids is 1. The number of aryl methyl sites for hydroxylation is 1. The second kappa shape index (κ2) is 5.35. The molecule has 92 valence electrons. The minimum atomic E-state index is -0.416. The largest absolute Gasteiger partial charge is 0.462 e. The number of hydrogen-bond donors (Lipinski definition) is 0. The molecule has 0 radical (unpaired) electrons. The van der Waals surface area contributed by atoms with Gasteiger partial charge < -0.3 is 4.74 Å². The Morgan fingerprint density at radius 1 is 1.17 bits per heavy atom. The first kappa shape index (κ1) is 12.2. The third kappa shape index (κ3) is 2.68. The second-order valence-corrected chi connectivity index (χ2v) is 3.74. The Balaban J connectivity index is 2.22. The third-order valence-corrected chi connectivity index (χ3v) is 2.30. The predicted octanol–water partition coefficient (Wildman–Crippen LogP) is 2.02. The van der Waals surface area contributed by atoms with Gasteiger partial charge in [-0.05, 0) is 25.5 Å². The summed E-state index contributed by atoms with van der Waals surface area (Å²) in [6.07, 6.45) is 4.64. The van der Waals surface area contributed by atoms with Gasteiger partial charge in [0.15, 0.2) is 5.82 Å². The van der Waals surface area contributed by atoms with Gasteiger partial charge >= 0.3 is 5.97 Å². The van der Waals surface area contributed by atoms with Crippen LogP contribution in [0.5, 0.6) is 0 Å². The third-order valence-electron chi connectivity index (χ3n) is 2.30. The standard InChI is InChI=1S/C13H13N3O2/c1-3-18-13(17)10-7-15-12(16-8-10)11-5-4-9(2)6-14-11/h4-8H,3H2,1-2H3. The first-order valence-electron chi connectivity index (χ1n) is 5.63. The van der Waals surface area contributed by atoms with Crippen LogP contribution >= 0.6 is 0 Å². The molecule has 5 heteroatoms. The Labute approximate surface area is 105 Å². The van der Waals surface area contributed by atoms with Crippen LogP contribution in [0.2, 0.25) is 0 Å². The van der Waals surface area contributed by atoms with E-state index in [1.54, 1.807) is 13.1 Å². The van der Waals surface area contributed by atoms with E-state index in [0.29, 0.717) is 23.7 Å². The van der Waals surface area contributed by atoms with Crippen molar-refractivity contribution in [1.82, 2.24) is 15.0 Å². The molecule has 0 unspecified atom stereocenters. The van der Waals surface area contributed by atoms with E-state index in [4.69, 9.17) is 4.74 Å². The van der Waals surface area contributed by atoms with Crippen molar-refractivity contribution in [3.05, 3.63) is 41.9 Å². The maximum atomic E-state index is 11.4. The van der Waals surface area contributed by atoms with Crippen molar-refractivity contribution in [3.8, 4) is 11.5 Å². The summed E-state index contributed by atoms with van der Waals surface area (Å²) >= 11 is 0. The summed E-state index contributed by atoms with van der Waals surface area (Å²) in [7, 11) is 0. The fourth-order valence-electron chi connectivity index (χ4n) is 1.38. The summed E-state index contributed by atoms with van der Waals surface area (Å²) in [5, 5.41) is 0. The molecular formula is C13H13N3O2. The normalized spacial score (nSPS) is 10.1. The van der Waals surface area contributed by atoms with Crippen LogP contribution in [0.4, 0.5) is 0 Å². The maximum absolute atomic E-state index is 11.4. The molecule has 0 spiro atoms. The van der Waals surface area contributed by atoms with Crippen molar-refractivity contribution >= 4 is 5.97 Å². The molecule has 2 aromatic heterocycles. The minimum absolute atomic E-state index is 0.333. The maximum Gasteiger partial charge on any atom is 0.341 e. The van der Waals surface area contributed by atoms with E-state index in [2.05, 4.69) is 15.0 Å². The first-order valence-corrected chi connectivity index (χ1v) is 5.63. The molecule has 0 aromatic carbocycles. The van der Waals surface area contributed by atoms with Crippen LogP contribution in [0.15, 0.2) is 30.7 Å². The van der Waals surface area contributed by atoms with E-state index in [1.165, 1.54) is 12.4 Å². The predicted molar refractivity (Wildman–Crippen MR) is 66.0 cm³/mol. The van der Waals surface area contributed by atoms with Gasteiger partial charge in [0, 0.05) is 18.6 Å². The van der Waals surface area contributed by atoms with Crippen LogP contribution in [0.1, 0.15) is 22.8 Å². The minimum Gasteiger partial charge on any atom is -0.462 e. The number of rotatable bonds is 3. The van der Waals surface area contributed by atoms with Crippen LogP contribution in [0.3, 0.4) is 0 Å².